The first kappa shape index (κ1) is 20.5. The van der Waals surface area contributed by atoms with Gasteiger partial charge < -0.3 is 4.90 Å². The Kier molecular flexibility index (Phi) is 5.55. The molecular formula is C24H22N4O3S. The van der Waals surface area contributed by atoms with E-state index in [0.29, 0.717) is 36.8 Å². The summed E-state index contributed by atoms with van der Waals surface area (Å²) in [6, 6.07) is 17.9. The van der Waals surface area contributed by atoms with Gasteiger partial charge in [0, 0.05) is 49.4 Å². The van der Waals surface area contributed by atoms with Crippen LogP contribution in [0.5, 0.6) is 0 Å². The van der Waals surface area contributed by atoms with Crippen molar-refractivity contribution in [3.63, 3.8) is 0 Å². The molecule has 3 heterocycles. The van der Waals surface area contributed by atoms with Gasteiger partial charge in [0.25, 0.3) is 11.8 Å². The first-order chi connectivity index (χ1) is 15.6. The molecule has 2 aromatic carbocycles. The van der Waals surface area contributed by atoms with Crippen molar-refractivity contribution >= 4 is 29.1 Å². The number of imide groups is 1. The minimum Gasteiger partial charge on any atom is -0.335 e. The Morgan fingerprint density at radius 1 is 0.906 bits per heavy atom. The lowest BCUT2D eigenvalue weighted by atomic mass is 10.0. The van der Waals surface area contributed by atoms with Gasteiger partial charge in [-0.3, -0.25) is 24.2 Å². The van der Waals surface area contributed by atoms with Gasteiger partial charge in [-0.05, 0) is 23.3 Å². The Balaban J connectivity index is 1.15. The second-order valence-corrected chi connectivity index (χ2v) is 8.86. The Morgan fingerprint density at radius 3 is 2.28 bits per heavy atom. The van der Waals surface area contributed by atoms with E-state index in [1.54, 1.807) is 16.5 Å². The van der Waals surface area contributed by atoms with Gasteiger partial charge >= 0.3 is 0 Å². The fraction of sp³-hybridized carbons (Fsp3) is 0.250. The molecule has 0 saturated carbocycles. The zero-order valence-electron chi connectivity index (χ0n) is 17.4. The lowest BCUT2D eigenvalue weighted by Crippen LogP contribution is -2.65. The topological polar surface area (TPSA) is 73.8 Å². The van der Waals surface area contributed by atoms with Crippen molar-refractivity contribution in [3.8, 4) is 11.1 Å². The van der Waals surface area contributed by atoms with Crippen LogP contribution in [0, 0.1) is 0 Å². The highest BCUT2D eigenvalue weighted by atomic mass is 32.1. The monoisotopic (exact) mass is 446 g/mol. The van der Waals surface area contributed by atoms with Crippen molar-refractivity contribution in [1.82, 2.24) is 19.7 Å². The number of hydrogen-bond donors (Lipinski definition) is 0. The largest absolute Gasteiger partial charge is 0.335 e. The summed E-state index contributed by atoms with van der Waals surface area (Å²) in [5.41, 5.74) is 2.86. The number of benzene rings is 2. The minimum absolute atomic E-state index is 0.00442. The van der Waals surface area contributed by atoms with Crippen molar-refractivity contribution in [1.29, 1.82) is 0 Å². The lowest BCUT2D eigenvalue weighted by Gasteiger charge is -2.47. The zero-order chi connectivity index (χ0) is 22.1. The van der Waals surface area contributed by atoms with Crippen LogP contribution in [0.2, 0.25) is 0 Å². The van der Waals surface area contributed by atoms with E-state index in [9.17, 15) is 14.4 Å². The van der Waals surface area contributed by atoms with E-state index in [2.05, 4.69) is 9.88 Å². The van der Waals surface area contributed by atoms with Crippen LogP contribution < -0.4 is 0 Å². The molecule has 2 fully saturated rings. The van der Waals surface area contributed by atoms with Gasteiger partial charge in [0.05, 0.1) is 6.54 Å². The number of carbonyl (C=O) groups is 3. The van der Waals surface area contributed by atoms with E-state index in [0.717, 1.165) is 11.1 Å². The molecule has 0 radical (unpaired) electrons. The molecule has 5 rings (SSSR count). The van der Waals surface area contributed by atoms with Gasteiger partial charge in [0.2, 0.25) is 5.91 Å². The molecule has 2 aliphatic heterocycles. The van der Waals surface area contributed by atoms with Gasteiger partial charge in [0.15, 0.2) is 5.01 Å². The van der Waals surface area contributed by atoms with Crippen LogP contribution in [-0.2, 0) is 4.79 Å². The summed E-state index contributed by atoms with van der Waals surface area (Å²) in [6.45, 7) is 2.33. The Labute approximate surface area is 189 Å². The summed E-state index contributed by atoms with van der Waals surface area (Å²) >= 11 is 1.24. The highest BCUT2D eigenvalue weighted by Crippen LogP contribution is 2.23. The molecule has 0 N–H and O–H groups in total. The van der Waals surface area contributed by atoms with Crippen molar-refractivity contribution in [3.05, 3.63) is 76.7 Å². The number of nitrogens with zero attached hydrogens (tertiary/aromatic N) is 4. The molecule has 7 nitrogen and oxygen atoms in total. The summed E-state index contributed by atoms with van der Waals surface area (Å²) in [5, 5.41) is 2.06. The Bertz CT molecular complexity index is 1130. The summed E-state index contributed by atoms with van der Waals surface area (Å²) in [5.74, 6) is -0.531. The van der Waals surface area contributed by atoms with Gasteiger partial charge in [-0.15, -0.1) is 11.3 Å². The van der Waals surface area contributed by atoms with Crippen LogP contribution in [0.4, 0.5) is 0 Å². The maximum atomic E-state index is 12.8. The third-order valence-corrected chi connectivity index (χ3v) is 6.78. The molecule has 0 unspecified atom stereocenters. The van der Waals surface area contributed by atoms with E-state index in [1.807, 2.05) is 54.6 Å². The molecule has 3 aromatic rings. The highest BCUT2D eigenvalue weighted by molar-refractivity contribution is 7.11. The van der Waals surface area contributed by atoms with Crippen molar-refractivity contribution in [2.24, 2.45) is 0 Å². The molecule has 0 atom stereocenters. The van der Waals surface area contributed by atoms with Gasteiger partial charge in [-0.25, -0.2) is 4.98 Å². The standard InChI is InChI=1S/C24H22N4O3S/c29-21-16-26(11-12-28(21)24(31)22-25-10-13-32-22)20-14-27(15-20)23(30)19-8-6-18(7-9-19)17-4-2-1-3-5-17/h1-10,13,20H,11-12,14-16H2. The highest BCUT2D eigenvalue weighted by Gasteiger charge is 2.39. The maximum Gasteiger partial charge on any atom is 0.289 e. The minimum atomic E-state index is -0.325. The first-order valence-electron chi connectivity index (χ1n) is 10.5. The predicted octanol–water partition coefficient (Wildman–Crippen LogP) is 2.62. The summed E-state index contributed by atoms with van der Waals surface area (Å²) in [6.07, 6.45) is 1.56. The smallest absolute Gasteiger partial charge is 0.289 e. The molecule has 2 aliphatic rings. The molecule has 1 aromatic heterocycles. The van der Waals surface area contributed by atoms with Crippen molar-refractivity contribution < 1.29 is 14.4 Å². The molecule has 162 valence electrons. The number of piperazine rings is 1. The van der Waals surface area contributed by atoms with Gasteiger partial charge in [0.1, 0.15) is 0 Å². The third-order valence-electron chi connectivity index (χ3n) is 6.02. The quantitative estimate of drug-likeness (QED) is 0.576. The second kappa shape index (κ2) is 8.64. The van der Waals surface area contributed by atoms with Crippen LogP contribution in [-0.4, -0.2) is 76.2 Å². The Hall–Kier alpha value is -3.36. The molecule has 3 amide bonds. The number of carbonyl (C=O) groups excluding carboxylic acids is 3. The predicted molar refractivity (Wildman–Crippen MR) is 121 cm³/mol. The van der Waals surface area contributed by atoms with Crippen LogP contribution in [0.15, 0.2) is 66.2 Å². The van der Waals surface area contributed by atoms with E-state index in [4.69, 9.17) is 0 Å². The van der Waals surface area contributed by atoms with E-state index >= 15 is 0 Å². The second-order valence-electron chi connectivity index (χ2n) is 7.97. The van der Waals surface area contributed by atoms with Crippen molar-refractivity contribution in [2.75, 3.05) is 32.7 Å². The number of rotatable bonds is 4. The number of likely N-dealkylation sites (tertiary alicyclic amines) is 1. The maximum absolute atomic E-state index is 12.8. The summed E-state index contributed by atoms with van der Waals surface area (Å²) in [7, 11) is 0. The average Bonchev–Trinajstić information content (AvgIpc) is 3.33. The number of aromatic nitrogens is 1. The molecule has 2 saturated heterocycles. The third kappa shape index (κ3) is 3.94. The fourth-order valence-corrected chi connectivity index (χ4v) is 4.72. The van der Waals surface area contributed by atoms with E-state index in [1.165, 1.54) is 16.2 Å². The fourth-order valence-electron chi connectivity index (χ4n) is 4.13. The van der Waals surface area contributed by atoms with Gasteiger partial charge in [-0.1, -0.05) is 42.5 Å². The zero-order valence-corrected chi connectivity index (χ0v) is 18.2. The van der Waals surface area contributed by atoms with Crippen LogP contribution >= 0.6 is 11.3 Å². The molecular weight excluding hydrogens is 424 g/mol. The van der Waals surface area contributed by atoms with E-state index in [-0.39, 0.29) is 30.3 Å². The SMILES string of the molecule is O=C(c1ccc(-c2ccccc2)cc1)N1CC(N2CCN(C(=O)c3nccs3)C(=O)C2)C1. The number of amides is 3. The van der Waals surface area contributed by atoms with Crippen LogP contribution in [0.3, 0.4) is 0 Å². The summed E-state index contributed by atoms with van der Waals surface area (Å²) < 4.78 is 0. The van der Waals surface area contributed by atoms with Gasteiger partial charge in [-0.2, -0.15) is 0 Å². The molecule has 8 heteroatoms. The number of hydrogen-bond acceptors (Lipinski definition) is 6. The van der Waals surface area contributed by atoms with E-state index < -0.39 is 0 Å². The molecule has 32 heavy (non-hydrogen) atoms. The first-order valence-corrected chi connectivity index (χ1v) is 11.4. The number of thiazole rings is 1. The Morgan fingerprint density at radius 2 is 1.62 bits per heavy atom. The molecule has 0 bridgehead atoms. The van der Waals surface area contributed by atoms with Crippen LogP contribution in [0.25, 0.3) is 11.1 Å². The summed E-state index contributed by atoms with van der Waals surface area (Å²) in [4.78, 5) is 46.9. The van der Waals surface area contributed by atoms with Crippen LogP contribution in [0.1, 0.15) is 20.2 Å². The van der Waals surface area contributed by atoms with Crippen molar-refractivity contribution in [2.45, 2.75) is 6.04 Å². The molecule has 0 aliphatic carbocycles. The molecule has 0 spiro atoms. The normalized spacial score (nSPS) is 17.3. The lowest BCUT2D eigenvalue weighted by molar-refractivity contribution is -0.135. The average molecular weight is 447 g/mol.